The molecule has 0 radical (unpaired) electrons. The Labute approximate surface area is 89.1 Å². The monoisotopic (exact) mass is 204 g/mol. The highest BCUT2D eigenvalue weighted by Gasteiger charge is 2.03. The summed E-state index contributed by atoms with van der Waals surface area (Å²) in [5.74, 6) is 1.03. The highest BCUT2D eigenvalue weighted by Crippen LogP contribution is 2.10. The number of fused-ring (bicyclic) bond motifs is 1. The van der Waals surface area contributed by atoms with Gasteiger partial charge in [-0.25, -0.2) is 9.97 Å². The van der Waals surface area contributed by atoms with E-state index >= 15 is 0 Å². The lowest BCUT2D eigenvalue weighted by Crippen LogP contribution is -2.08. The van der Waals surface area contributed by atoms with E-state index in [1.165, 1.54) is 0 Å². The molecule has 2 aromatic rings. The summed E-state index contributed by atoms with van der Waals surface area (Å²) in [6.07, 6.45) is 2.06. The summed E-state index contributed by atoms with van der Waals surface area (Å²) in [5.41, 5.74) is 2.87. The van der Waals surface area contributed by atoms with Crippen LogP contribution in [0.1, 0.15) is 17.9 Å². The largest absolute Gasteiger partial charge is 0.341 e. The predicted octanol–water partition coefficient (Wildman–Crippen LogP) is 1.42. The number of aromatic nitrogens is 3. The van der Waals surface area contributed by atoms with E-state index in [2.05, 4.69) is 20.3 Å². The smallest absolute Gasteiger partial charge is 0.177 e. The van der Waals surface area contributed by atoms with Crippen molar-refractivity contribution < 1.29 is 0 Å². The molecule has 15 heavy (non-hydrogen) atoms. The maximum atomic E-state index is 4.45. The molecule has 0 fully saturated rings. The zero-order chi connectivity index (χ0) is 10.7. The maximum Gasteiger partial charge on any atom is 0.177 e. The standard InChI is InChI=1S/C11H16N4/c1-8-5-6-9-11(13-8)15-10(14-9)4-3-7-12-2/h5-6,12H,3-4,7H2,1-2H3,(H,13,14,15). The van der Waals surface area contributed by atoms with E-state index in [0.29, 0.717) is 0 Å². The van der Waals surface area contributed by atoms with Gasteiger partial charge in [0.05, 0.1) is 5.52 Å². The number of H-pyrrole nitrogens is 1. The Morgan fingerprint density at radius 1 is 1.33 bits per heavy atom. The van der Waals surface area contributed by atoms with Gasteiger partial charge in [0, 0.05) is 12.1 Å². The van der Waals surface area contributed by atoms with Crippen molar-refractivity contribution in [3.63, 3.8) is 0 Å². The number of pyridine rings is 1. The number of hydrogen-bond donors (Lipinski definition) is 2. The molecule has 0 spiro atoms. The predicted molar refractivity (Wildman–Crippen MR) is 60.9 cm³/mol. The second-order valence-electron chi connectivity index (χ2n) is 3.71. The fourth-order valence-corrected chi connectivity index (χ4v) is 1.59. The van der Waals surface area contributed by atoms with Crippen molar-refractivity contribution in [1.82, 2.24) is 20.3 Å². The molecule has 0 unspecified atom stereocenters. The molecule has 2 aromatic heterocycles. The summed E-state index contributed by atoms with van der Waals surface area (Å²) < 4.78 is 0. The van der Waals surface area contributed by atoms with Gasteiger partial charge in [0.2, 0.25) is 0 Å². The van der Waals surface area contributed by atoms with Crippen LogP contribution in [0, 0.1) is 6.92 Å². The highest BCUT2D eigenvalue weighted by molar-refractivity contribution is 5.70. The van der Waals surface area contributed by atoms with Crippen LogP contribution >= 0.6 is 0 Å². The van der Waals surface area contributed by atoms with Gasteiger partial charge in [0.15, 0.2) is 5.65 Å². The maximum absolute atomic E-state index is 4.45. The lowest BCUT2D eigenvalue weighted by molar-refractivity contribution is 0.708. The molecule has 2 N–H and O–H groups in total. The van der Waals surface area contributed by atoms with Crippen molar-refractivity contribution in [1.29, 1.82) is 0 Å². The van der Waals surface area contributed by atoms with Gasteiger partial charge in [-0.1, -0.05) is 0 Å². The first kappa shape index (κ1) is 10.1. The first-order chi connectivity index (χ1) is 7.29. The summed E-state index contributed by atoms with van der Waals surface area (Å²) in [6, 6.07) is 4.03. The zero-order valence-electron chi connectivity index (χ0n) is 9.17. The van der Waals surface area contributed by atoms with E-state index in [0.717, 1.165) is 42.1 Å². The molecule has 0 atom stereocenters. The molecule has 80 valence electrons. The number of nitrogens with one attached hydrogen (secondary N) is 2. The average Bonchev–Trinajstić information content (AvgIpc) is 2.60. The van der Waals surface area contributed by atoms with Crippen molar-refractivity contribution in [3.8, 4) is 0 Å². The molecule has 2 heterocycles. The first-order valence-electron chi connectivity index (χ1n) is 5.26. The lowest BCUT2D eigenvalue weighted by atomic mass is 10.3. The fraction of sp³-hybridized carbons (Fsp3) is 0.455. The molecule has 0 bridgehead atoms. The molecule has 2 rings (SSSR count). The Hall–Kier alpha value is -1.42. The Morgan fingerprint density at radius 3 is 3.00 bits per heavy atom. The van der Waals surface area contributed by atoms with E-state index in [1.807, 2.05) is 26.1 Å². The quantitative estimate of drug-likeness (QED) is 0.740. The van der Waals surface area contributed by atoms with Crippen LogP contribution in [0.15, 0.2) is 12.1 Å². The second kappa shape index (κ2) is 4.40. The molecule has 0 aliphatic heterocycles. The minimum absolute atomic E-state index is 0.828. The van der Waals surface area contributed by atoms with Crippen LogP contribution in [-0.4, -0.2) is 28.5 Å². The highest BCUT2D eigenvalue weighted by atomic mass is 15.0. The van der Waals surface area contributed by atoms with Crippen molar-refractivity contribution in [2.45, 2.75) is 19.8 Å². The van der Waals surface area contributed by atoms with Gasteiger partial charge in [0.25, 0.3) is 0 Å². The minimum atomic E-state index is 0.828. The topological polar surface area (TPSA) is 53.6 Å². The molecule has 0 aromatic carbocycles. The average molecular weight is 204 g/mol. The van der Waals surface area contributed by atoms with Crippen molar-refractivity contribution in [2.75, 3.05) is 13.6 Å². The van der Waals surface area contributed by atoms with E-state index in [4.69, 9.17) is 0 Å². The van der Waals surface area contributed by atoms with E-state index in [-0.39, 0.29) is 0 Å². The van der Waals surface area contributed by atoms with Crippen LogP contribution < -0.4 is 5.32 Å². The summed E-state index contributed by atoms with van der Waals surface area (Å²) in [7, 11) is 1.96. The number of nitrogens with zero attached hydrogens (tertiary/aromatic N) is 2. The molecule has 0 aliphatic carbocycles. The van der Waals surface area contributed by atoms with Gasteiger partial charge in [-0.2, -0.15) is 0 Å². The molecule has 0 saturated carbocycles. The summed E-state index contributed by atoms with van der Waals surface area (Å²) in [4.78, 5) is 12.1. The first-order valence-corrected chi connectivity index (χ1v) is 5.26. The summed E-state index contributed by atoms with van der Waals surface area (Å²) in [6.45, 7) is 3.00. The van der Waals surface area contributed by atoms with Gasteiger partial charge in [0.1, 0.15) is 5.82 Å². The molecule has 4 heteroatoms. The normalized spacial score (nSPS) is 11.1. The third-order valence-electron chi connectivity index (χ3n) is 2.37. The van der Waals surface area contributed by atoms with E-state index in [1.54, 1.807) is 0 Å². The Balaban J connectivity index is 2.16. The SMILES string of the molecule is CNCCCc1nc2nc(C)ccc2[nH]1. The van der Waals surface area contributed by atoms with Crippen molar-refractivity contribution in [2.24, 2.45) is 0 Å². The molecule has 0 saturated heterocycles. The second-order valence-corrected chi connectivity index (χ2v) is 3.71. The van der Waals surface area contributed by atoms with E-state index < -0.39 is 0 Å². The molecule has 0 amide bonds. The Morgan fingerprint density at radius 2 is 2.20 bits per heavy atom. The third kappa shape index (κ3) is 2.33. The van der Waals surface area contributed by atoms with Crippen LogP contribution in [0.5, 0.6) is 0 Å². The van der Waals surface area contributed by atoms with Crippen LogP contribution in [0.3, 0.4) is 0 Å². The lowest BCUT2D eigenvalue weighted by Gasteiger charge is -1.95. The van der Waals surface area contributed by atoms with Crippen LogP contribution in [-0.2, 0) is 6.42 Å². The Kier molecular flexibility index (Phi) is 2.97. The van der Waals surface area contributed by atoms with Crippen molar-refractivity contribution in [3.05, 3.63) is 23.7 Å². The zero-order valence-corrected chi connectivity index (χ0v) is 9.17. The van der Waals surface area contributed by atoms with Gasteiger partial charge < -0.3 is 10.3 Å². The number of imidazole rings is 1. The fourth-order valence-electron chi connectivity index (χ4n) is 1.59. The number of rotatable bonds is 4. The molecular weight excluding hydrogens is 188 g/mol. The summed E-state index contributed by atoms with van der Waals surface area (Å²) in [5, 5.41) is 3.12. The number of aromatic amines is 1. The van der Waals surface area contributed by atoms with Gasteiger partial charge >= 0.3 is 0 Å². The minimum Gasteiger partial charge on any atom is -0.341 e. The van der Waals surface area contributed by atoms with Crippen LogP contribution in [0.2, 0.25) is 0 Å². The molecule has 0 aliphatic rings. The molecular formula is C11H16N4. The van der Waals surface area contributed by atoms with Crippen LogP contribution in [0.25, 0.3) is 11.2 Å². The van der Waals surface area contributed by atoms with Gasteiger partial charge in [-0.05, 0) is 39.1 Å². The summed E-state index contributed by atoms with van der Waals surface area (Å²) >= 11 is 0. The number of aryl methyl sites for hydroxylation is 2. The third-order valence-corrected chi connectivity index (χ3v) is 2.37. The molecule has 4 nitrogen and oxygen atoms in total. The van der Waals surface area contributed by atoms with Gasteiger partial charge in [-0.3, -0.25) is 0 Å². The van der Waals surface area contributed by atoms with Gasteiger partial charge in [-0.15, -0.1) is 0 Å². The Bertz CT molecular complexity index is 447. The van der Waals surface area contributed by atoms with Crippen molar-refractivity contribution >= 4 is 11.2 Å². The number of hydrogen-bond acceptors (Lipinski definition) is 3. The van der Waals surface area contributed by atoms with Crippen LogP contribution in [0.4, 0.5) is 0 Å². The van der Waals surface area contributed by atoms with E-state index in [9.17, 15) is 0 Å².